The lowest BCUT2D eigenvalue weighted by Gasteiger charge is -2.50. The van der Waals surface area contributed by atoms with Gasteiger partial charge in [0.25, 0.3) is 5.69 Å². The highest BCUT2D eigenvalue weighted by molar-refractivity contribution is 6.31. The molecule has 1 N–H and O–H groups in total. The van der Waals surface area contributed by atoms with Gasteiger partial charge in [-0.15, -0.1) is 0 Å². The molecule has 0 aromatic heterocycles. The first kappa shape index (κ1) is 13.1. The lowest BCUT2D eigenvalue weighted by molar-refractivity contribution is -0.384. The monoisotopic (exact) mass is 270 g/mol. The van der Waals surface area contributed by atoms with Gasteiger partial charge in [0.2, 0.25) is 0 Å². The molecule has 0 radical (unpaired) electrons. The summed E-state index contributed by atoms with van der Waals surface area (Å²) < 4.78 is 0. The predicted molar refractivity (Wildman–Crippen MR) is 70.1 cm³/mol. The molecule has 5 nitrogen and oxygen atoms in total. The second-order valence-electron chi connectivity index (χ2n) is 5.00. The predicted octanol–water partition coefficient (Wildman–Crippen LogP) is 2.46. The van der Waals surface area contributed by atoms with Crippen molar-refractivity contribution < 1.29 is 10.0 Å². The molecule has 0 saturated carbocycles. The molecule has 98 valence electrons. The second kappa shape index (κ2) is 4.40. The Balaban J connectivity index is 2.26. The second-order valence-corrected chi connectivity index (χ2v) is 5.44. The number of rotatable bonds is 3. The van der Waals surface area contributed by atoms with Crippen molar-refractivity contribution in [3.63, 3.8) is 0 Å². The number of hydrogen-bond donors (Lipinski definition) is 1. The Labute approximate surface area is 110 Å². The van der Waals surface area contributed by atoms with E-state index in [0.717, 1.165) is 0 Å². The summed E-state index contributed by atoms with van der Waals surface area (Å²) in [5.74, 6) is 0.118. The Bertz CT molecular complexity index is 484. The van der Waals surface area contributed by atoms with Crippen LogP contribution in [0.3, 0.4) is 0 Å². The third-order valence-electron chi connectivity index (χ3n) is 3.48. The zero-order valence-electron chi connectivity index (χ0n) is 10.3. The van der Waals surface area contributed by atoms with Crippen molar-refractivity contribution in [1.29, 1.82) is 0 Å². The van der Waals surface area contributed by atoms with E-state index in [4.69, 9.17) is 11.6 Å². The van der Waals surface area contributed by atoms with Gasteiger partial charge in [-0.05, 0) is 18.1 Å². The van der Waals surface area contributed by atoms with E-state index in [9.17, 15) is 15.2 Å². The summed E-state index contributed by atoms with van der Waals surface area (Å²) >= 11 is 5.87. The lowest BCUT2D eigenvalue weighted by atomic mass is 9.82. The summed E-state index contributed by atoms with van der Waals surface area (Å²) in [4.78, 5) is 12.3. The van der Waals surface area contributed by atoms with Crippen LogP contribution in [0.1, 0.15) is 13.8 Å². The van der Waals surface area contributed by atoms with E-state index in [1.807, 2.05) is 13.8 Å². The van der Waals surface area contributed by atoms with Crippen molar-refractivity contribution in [2.75, 3.05) is 18.0 Å². The molecule has 0 aliphatic carbocycles. The molecule has 1 aliphatic rings. The molecule has 0 atom stereocenters. The summed E-state index contributed by atoms with van der Waals surface area (Å²) in [5.41, 5.74) is -0.279. The first-order chi connectivity index (χ1) is 8.33. The Morgan fingerprint density at radius 2 is 2.11 bits per heavy atom. The molecule has 18 heavy (non-hydrogen) atoms. The van der Waals surface area contributed by atoms with Crippen LogP contribution in [-0.4, -0.2) is 28.7 Å². The van der Waals surface area contributed by atoms with E-state index in [-0.39, 0.29) is 11.6 Å². The average molecular weight is 271 g/mol. The first-order valence-electron chi connectivity index (χ1n) is 5.75. The van der Waals surface area contributed by atoms with E-state index in [2.05, 4.69) is 0 Å². The van der Waals surface area contributed by atoms with E-state index >= 15 is 0 Å². The van der Waals surface area contributed by atoms with E-state index < -0.39 is 10.5 Å². The largest absolute Gasteiger partial charge is 0.386 e. The van der Waals surface area contributed by atoms with E-state index in [0.29, 0.717) is 23.8 Å². The molecule has 1 aromatic rings. The van der Waals surface area contributed by atoms with Crippen LogP contribution in [0.5, 0.6) is 0 Å². The number of halogens is 1. The van der Waals surface area contributed by atoms with Crippen LogP contribution in [0.25, 0.3) is 0 Å². The molecule has 1 fully saturated rings. The minimum absolute atomic E-state index is 0.0187. The fraction of sp³-hybridized carbons (Fsp3) is 0.500. The van der Waals surface area contributed by atoms with Crippen molar-refractivity contribution in [1.82, 2.24) is 0 Å². The van der Waals surface area contributed by atoms with E-state index in [1.54, 1.807) is 11.0 Å². The molecule has 0 amide bonds. The molecule has 6 heteroatoms. The number of β-amino-alcohol motifs (C(OH)–C–C–N with tert-alkyl or cyclic N) is 1. The first-order valence-corrected chi connectivity index (χ1v) is 6.12. The van der Waals surface area contributed by atoms with Gasteiger partial charge in [-0.3, -0.25) is 10.1 Å². The molecule has 1 saturated heterocycles. The van der Waals surface area contributed by atoms with Gasteiger partial charge < -0.3 is 10.0 Å². The quantitative estimate of drug-likeness (QED) is 0.677. The van der Waals surface area contributed by atoms with Crippen molar-refractivity contribution in [2.45, 2.75) is 19.4 Å². The van der Waals surface area contributed by atoms with Gasteiger partial charge in [0, 0.05) is 24.2 Å². The Kier molecular flexibility index (Phi) is 3.21. The smallest absolute Gasteiger partial charge is 0.292 e. The maximum absolute atomic E-state index is 10.9. The van der Waals surface area contributed by atoms with Crippen LogP contribution >= 0.6 is 11.6 Å². The molecule has 0 bridgehead atoms. The number of benzene rings is 1. The number of nitrogens with zero attached hydrogens (tertiary/aromatic N) is 2. The maximum Gasteiger partial charge on any atom is 0.292 e. The van der Waals surface area contributed by atoms with Crippen molar-refractivity contribution >= 4 is 23.0 Å². The normalized spacial score (nSPS) is 17.7. The number of hydrogen-bond acceptors (Lipinski definition) is 4. The van der Waals surface area contributed by atoms with Crippen LogP contribution in [0.4, 0.5) is 11.4 Å². The van der Waals surface area contributed by atoms with Gasteiger partial charge in [-0.2, -0.15) is 0 Å². The van der Waals surface area contributed by atoms with Gasteiger partial charge in [0.1, 0.15) is 11.3 Å². The highest BCUT2D eigenvalue weighted by Gasteiger charge is 2.45. The van der Waals surface area contributed by atoms with Crippen molar-refractivity contribution in [3.05, 3.63) is 33.3 Å². The molecular weight excluding hydrogens is 256 g/mol. The molecular formula is C12H15ClN2O3. The number of nitro groups is 1. The Morgan fingerprint density at radius 1 is 1.50 bits per heavy atom. The van der Waals surface area contributed by atoms with Gasteiger partial charge in [-0.25, -0.2) is 0 Å². The van der Waals surface area contributed by atoms with Crippen LogP contribution in [0, 0.1) is 16.0 Å². The van der Waals surface area contributed by atoms with Gasteiger partial charge in [0.15, 0.2) is 0 Å². The van der Waals surface area contributed by atoms with Crippen LogP contribution in [0.2, 0.25) is 5.02 Å². The fourth-order valence-corrected chi connectivity index (χ4v) is 2.22. The van der Waals surface area contributed by atoms with Crippen LogP contribution in [-0.2, 0) is 0 Å². The zero-order valence-corrected chi connectivity index (χ0v) is 11.0. The minimum atomic E-state index is -0.768. The molecule has 0 spiro atoms. The molecule has 1 heterocycles. The fourth-order valence-electron chi connectivity index (χ4n) is 2.05. The maximum atomic E-state index is 10.9. The highest BCUT2D eigenvalue weighted by Crippen LogP contribution is 2.38. The lowest BCUT2D eigenvalue weighted by Crippen LogP contribution is -2.64. The van der Waals surface area contributed by atoms with Crippen molar-refractivity contribution in [2.24, 2.45) is 5.92 Å². The van der Waals surface area contributed by atoms with E-state index in [1.165, 1.54) is 12.1 Å². The highest BCUT2D eigenvalue weighted by atomic mass is 35.5. The average Bonchev–Trinajstić information content (AvgIpc) is 2.23. The SMILES string of the molecule is CC(C)C1(O)CN(c2cc(Cl)ccc2[N+](=O)[O-])C1. The van der Waals surface area contributed by atoms with Crippen LogP contribution in [0.15, 0.2) is 18.2 Å². The molecule has 1 aromatic carbocycles. The number of aliphatic hydroxyl groups is 1. The molecule has 0 unspecified atom stereocenters. The van der Waals surface area contributed by atoms with Crippen LogP contribution < -0.4 is 4.90 Å². The zero-order chi connectivity index (χ0) is 13.5. The summed E-state index contributed by atoms with van der Waals surface area (Å²) in [7, 11) is 0. The Morgan fingerprint density at radius 3 is 2.61 bits per heavy atom. The molecule has 1 aliphatic heterocycles. The Hall–Kier alpha value is -1.33. The topological polar surface area (TPSA) is 66.6 Å². The minimum Gasteiger partial charge on any atom is -0.386 e. The van der Waals surface area contributed by atoms with Gasteiger partial charge in [-0.1, -0.05) is 25.4 Å². The third kappa shape index (κ3) is 2.15. The summed E-state index contributed by atoms with van der Waals surface area (Å²) in [6.45, 7) is 4.66. The standard InChI is InChI=1S/C12H15ClN2O3/c1-8(2)12(16)6-14(7-12)11-5-9(13)3-4-10(11)15(17)18/h3-5,8,16H,6-7H2,1-2H3. The van der Waals surface area contributed by atoms with Gasteiger partial charge in [0.05, 0.1) is 4.92 Å². The third-order valence-corrected chi connectivity index (χ3v) is 3.71. The molecule has 2 rings (SSSR count). The summed E-state index contributed by atoms with van der Waals surface area (Å²) in [6.07, 6.45) is 0. The number of nitro benzene ring substituents is 1. The summed E-state index contributed by atoms with van der Waals surface area (Å²) in [6, 6.07) is 4.46. The van der Waals surface area contributed by atoms with Crippen molar-refractivity contribution in [3.8, 4) is 0 Å². The number of anilines is 1. The van der Waals surface area contributed by atoms with Gasteiger partial charge >= 0.3 is 0 Å². The summed E-state index contributed by atoms with van der Waals surface area (Å²) in [5, 5.41) is 21.6.